The monoisotopic (exact) mass is 249 g/mol. The van der Waals surface area contributed by atoms with Gasteiger partial charge in [-0.3, -0.25) is 0 Å². The van der Waals surface area contributed by atoms with Gasteiger partial charge in [-0.15, -0.1) is 0 Å². The van der Waals surface area contributed by atoms with Crippen LogP contribution in [0.4, 0.5) is 0 Å². The molecule has 0 unspecified atom stereocenters. The van der Waals surface area contributed by atoms with E-state index in [0.29, 0.717) is 0 Å². The predicted molar refractivity (Wildman–Crippen MR) is 38.1 cm³/mol. The predicted octanol–water partition coefficient (Wildman–Crippen LogP) is -1.52. The highest BCUT2D eigenvalue weighted by molar-refractivity contribution is 5.26. The van der Waals surface area contributed by atoms with Crippen LogP contribution < -0.4 is 27.3 Å². The zero-order valence-corrected chi connectivity index (χ0v) is 8.16. The Morgan fingerprint density at radius 1 is 1.30 bits per heavy atom. The van der Waals surface area contributed by atoms with Gasteiger partial charge in [-0.2, -0.15) is 0 Å². The number of alkyl halides is 1. The third kappa shape index (κ3) is 1.87. The molecule has 1 aromatic carbocycles. The van der Waals surface area contributed by atoms with Gasteiger partial charge in [0.2, 0.25) is 0 Å². The van der Waals surface area contributed by atoms with Crippen molar-refractivity contribution in [3.05, 3.63) is 29.8 Å². The summed E-state index contributed by atoms with van der Waals surface area (Å²) in [5.74, 6) is 0.929. The summed E-state index contributed by atoms with van der Waals surface area (Å²) in [4.78, 5) is 0. The molecule has 0 aliphatic heterocycles. The van der Waals surface area contributed by atoms with Crippen LogP contribution in [0.5, 0.6) is 5.75 Å². The first-order valence-electron chi connectivity index (χ1n) is 3.08. The van der Waals surface area contributed by atoms with Crippen LogP contribution in [0.3, 0.4) is 0 Å². The third-order valence-electron chi connectivity index (χ3n) is 1.33. The summed E-state index contributed by atoms with van der Waals surface area (Å²) in [5, 5.41) is 0. The van der Waals surface area contributed by atoms with Crippen LogP contribution in [0.1, 0.15) is 5.56 Å². The molecule has 0 aliphatic carbocycles. The summed E-state index contributed by atoms with van der Waals surface area (Å²) in [6.07, 6.45) is 0. The smallest absolute Gasteiger partial charge is 0.257 e. The lowest BCUT2D eigenvalue weighted by molar-refractivity contribution is -0.386. The number of hydrogen-bond donors (Lipinski definition) is 0. The van der Waals surface area contributed by atoms with Crippen molar-refractivity contribution in [3.63, 3.8) is 0 Å². The molecule has 0 amide bonds. The highest BCUT2D eigenvalue weighted by Gasteiger charge is 1.93. The minimum absolute atomic E-state index is 0.929. The first-order chi connectivity index (χ1) is 4.86. The highest BCUT2D eigenvalue weighted by Crippen LogP contribution is 2.09. The molecule has 0 N–H and O–H groups in total. The summed E-state index contributed by atoms with van der Waals surface area (Å²) >= 11 is 2.08. The van der Waals surface area contributed by atoms with Crippen LogP contribution in [0.2, 0.25) is 0 Å². The maximum atomic E-state index is 5.01. The number of rotatable bonds is 2. The Bertz CT molecular complexity index is 170. The SMILES string of the molecule is COc1ccc(C[IH+])cc1. The molecule has 0 saturated carbocycles. The van der Waals surface area contributed by atoms with Gasteiger partial charge in [0.15, 0.2) is 4.43 Å². The molecule has 1 aromatic rings. The Balaban J connectivity index is 2.80. The van der Waals surface area contributed by atoms with Crippen molar-refractivity contribution in [1.29, 1.82) is 0 Å². The standard InChI is InChI=1S/C8H10IO/c1-10-8-4-2-7(6-9)3-5-8/h2-5,9H,6H2,1H3/q+1. The summed E-state index contributed by atoms with van der Waals surface area (Å²) < 4.78 is 6.11. The molecule has 0 spiro atoms. The molecule has 10 heavy (non-hydrogen) atoms. The molecule has 0 heterocycles. The van der Waals surface area contributed by atoms with E-state index >= 15 is 0 Å². The van der Waals surface area contributed by atoms with E-state index in [2.05, 4.69) is 34.7 Å². The van der Waals surface area contributed by atoms with Crippen LogP contribution in [-0.2, 0) is 4.43 Å². The Hall–Kier alpha value is -0.250. The highest BCUT2D eigenvalue weighted by atomic mass is 127. The average Bonchev–Trinajstić information content (AvgIpc) is 2.05. The van der Waals surface area contributed by atoms with E-state index in [1.54, 1.807) is 7.11 Å². The fraction of sp³-hybridized carbons (Fsp3) is 0.250. The quantitative estimate of drug-likeness (QED) is 0.457. The average molecular weight is 249 g/mol. The van der Waals surface area contributed by atoms with E-state index in [-0.39, 0.29) is 0 Å². The molecule has 0 radical (unpaired) electrons. The van der Waals surface area contributed by atoms with Gasteiger partial charge in [0.1, 0.15) is 5.75 Å². The maximum Gasteiger partial charge on any atom is 0.257 e. The van der Waals surface area contributed by atoms with Gasteiger partial charge in [-0.05, 0) is 17.7 Å². The number of hydrogen-bond acceptors (Lipinski definition) is 1. The van der Waals surface area contributed by atoms with Crippen LogP contribution in [-0.4, -0.2) is 7.11 Å². The van der Waals surface area contributed by atoms with Crippen molar-refractivity contribution >= 4 is 0 Å². The second-order valence-corrected chi connectivity index (χ2v) is 2.82. The lowest BCUT2D eigenvalue weighted by atomic mass is 10.2. The van der Waals surface area contributed by atoms with Crippen LogP contribution >= 0.6 is 0 Å². The molecular weight excluding hydrogens is 239 g/mol. The number of methoxy groups -OCH3 is 1. The summed E-state index contributed by atoms with van der Waals surface area (Å²) in [6, 6.07) is 8.14. The van der Waals surface area contributed by atoms with Gasteiger partial charge in [0.05, 0.1) is 7.11 Å². The largest absolute Gasteiger partial charge is 0.497 e. The van der Waals surface area contributed by atoms with E-state index in [9.17, 15) is 0 Å². The fourth-order valence-electron chi connectivity index (χ4n) is 0.722. The summed E-state index contributed by atoms with van der Waals surface area (Å²) in [7, 11) is 1.68. The molecule has 0 atom stereocenters. The van der Waals surface area contributed by atoms with Crippen molar-refractivity contribution in [3.8, 4) is 5.75 Å². The van der Waals surface area contributed by atoms with Gasteiger partial charge in [-0.1, -0.05) is 12.1 Å². The molecule has 0 bridgehead atoms. The second kappa shape index (κ2) is 3.81. The van der Waals surface area contributed by atoms with Crippen molar-refractivity contribution < 1.29 is 27.3 Å². The summed E-state index contributed by atoms with van der Waals surface area (Å²) in [5.41, 5.74) is 1.35. The molecule has 0 saturated heterocycles. The Morgan fingerprint density at radius 3 is 2.30 bits per heavy atom. The number of benzene rings is 1. The first-order valence-corrected chi connectivity index (χ1v) is 4.72. The molecule has 1 rings (SSSR count). The van der Waals surface area contributed by atoms with Crippen molar-refractivity contribution in [2.75, 3.05) is 7.11 Å². The minimum atomic E-state index is 0.929. The van der Waals surface area contributed by atoms with Gasteiger partial charge < -0.3 is 4.74 Å². The van der Waals surface area contributed by atoms with Gasteiger partial charge in [-0.25, -0.2) is 0 Å². The van der Waals surface area contributed by atoms with Crippen molar-refractivity contribution in [2.45, 2.75) is 4.43 Å². The second-order valence-electron chi connectivity index (χ2n) is 1.99. The molecule has 0 fully saturated rings. The van der Waals surface area contributed by atoms with E-state index in [1.165, 1.54) is 5.56 Å². The molecule has 1 nitrogen and oxygen atoms in total. The topological polar surface area (TPSA) is 9.23 Å². The van der Waals surface area contributed by atoms with Crippen molar-refractivity contribution in [1.82, 2.24) is 0 Å². The van der Waals surface area contributed by atoms with Gasteiger partial charge in [0.25, 0.3) is 22.6 Å². The zero-order valence-electron chi connectivity index (χ0n) is 5.83. The minimum Gasteiger partial charge on any atom is -0.497 e. The van der Waals surface area contributed by atoms with Crippen molar-refractivity contribution in [2.24, 2.45) is 0 Å². The molecule has 0 aliphatic rings. The normalized spacial score (nSPS) is 9.40. The molecule has 2 heteroatoms. The molecule has 0 aromatic heterocycles. The first kappa shape index (κ1) is 7.85. The Labute approximate surface area is 74.5 Å². The Morgan fingerprint density at radius 2 is 1.90 bits per heavy atom. The van der Waals surface area contributed by atoms with E-state index in [1.807, 2.05) is 12.1 Å². The van der Waals surface area contributed by atoms with E-state index < -0.39 is 0 Å². The maximum absolute atomic E-state index is 5.01. The van der Waals surface area contributed by atoms with E-state index in [4.69, 9.17) is 4.74 Å². The zero-order chi connectivity index (χ0) is 7.40. The molecular formula is C8H10IO+. The number of halogens is 1. The van der Waals surface area contributed by atoms with Crippen LogP contribution in [0.25, 0.3) is 0 Å². The number of ether oxygens (including phenoxy) is 1. The lowest BCUT2D eigenvalue weighted by Crippen LogP contribution is -3.33. The van der Waals surface area contributed by atoms with E-state index in [0.717, 1.165) is 10.2 Å². The summed E-state index contributed by atoms with van der Waals surface area (Å²) in [6.45, 7) is 0. The lowest BCUT2D eigenvalue weighted by Gasteiger charge is -1.97. The molecule has 54 valence electrons. The van der Waals surface area contributed by atoms with Gasteiger partial charge in [0, 0.05) is 0 Å². The van der Waals surface area contributed by atoms with Crippen LogP contribution in [0, 0.1) is 0 Å². The third-order valence-corrected chi connectivity index (χ3v) is 2.28. The fourth-order valence-corrected chi connectivity index (χ4v) is 1.27. The Kier molecular flexibility index (Phi) is 2.99. The van der Waals surface area contributed by atoms with Crippen LogP contribution in [0.15, 0.2) is 24.3 Å². The van der Waals surface area contributed by atoms with Gasteiger partial charge >= 0.3 is 0 Å².